The number of benzene rings is 2. The van der Waals surface area contributed by atoms with Gasteiger partial charge in [-0.1, -0.05) is 23.2 Å². The smallest absolute Gasteiger partial charge is 0.341 e. The lowest BCUT2D eigenvalue weighted by molar-refractivity contribution is -0.116. The average molecular weight is 533 g/mol. The Morgan fingerprint density at radius 2 is 1.84 bits per heavy atom. The molecule has 0 atom stereocenters. The number of ether oxygens (including phenoxy) is 3. The van der Waals surface area contributed by atoms with E-state index in [-0.39, 0.29) is 35.3 Å². The van der Waals surface area contributed by atoms with Gasteiger partial charge in [0.25, 0.3) is 0 Å². The van der Waals surface area contributed by atoms with E-state index in [2.05, 4.69) is 21.2 Å². The van der Waals surface area contributed by atoms with Crippen molar-refractivity contribution in [2.45, 2.75) is 33.6 Å². The lowest BCUT2D eigenvalue weighted by Crippen LogP contribution is -2.14. The van der Waals surface area contributed by atoms with Crippen LogP contribution in [-0.4, -0.2) is 32.2 Å². The summed E-state index contributed by atoms with van der Waals surface area (Å²) in [5, 5.41) is 3.64. The van der Waals surface area contributed by atoms with E-state index in [1.165, 1.54) is 19.2 Å². The first-order chi connectivity index (χ1) is 14.7. The second-order valence-electron chi connectivity index (χ2n) is 6.70. The number of methoxy groups -OCH3 is 1. The van der Waals surface area contributed by atoms with Gasteiger partial charge in [-0.3, -0.25) is 4.79 Å². The van der Waals surface area contributed by atoms with Gasteiger partial charge in [-0.15, -0.1) is 0 Å². The number of amides is 1. The van der Waals surface area contributed by atoms with Crippen molar-refractivity contribution in [3.8, 4) is 11.5 Å². The maximum absolute atomic E-state index is 12.3. The molecule has 0 aromatic heterocycles. The third kappa shape index (κ3) is 6.51. The van der Waals surface area contributed by atoms with E-state index in [0.29, 0.717) is 29.5 Å². The molecule has 2 rings (SSSR count). The molecule has 1 N–H and O–H groups in total. The van der Waals surface area contributed by atoms with E-state index in [1.807, 2.05) is 19.9 Å². The predicted molar refractivity (Wildman–Crippen MR) is 126 cm³/mol. The summed E-state index contributed by atoms with van der Waals surface area (Å²) in [5.74, 6) is 0.163. The normalized spacial score (nSPS) is 10.5. The average Bonchev–Trinajstić information content (AvgIpc) is 2.74. The van der Waals surface area contributed by atoms with Crippen molar-refractivity contribution >= 4 is 56.7 Å². The molecule has 0 saturated carbocycles. The van der Waals surface area contributed by atoms with E-state index in [1.54, 1.807) is 6.92 Å². The molecule has 2 aromatic rings. The highest BCUT2D eigenvalue weighted by molar-refractivity contribution is 9.10. The summed E-state index contributed by atoms with van der Waals surface area (Å²) in [7, 11) is 1.42. The van der Waals surface area contributed by atoms with Crippen LogP contribution in [0.5, 0.6) is 11.5 Å². The maximum Gasteiger partial charge on any atom is 0.341 e. The summed E-state index contributed by atoms with van der Waals surface area (Å²) >= 11 is 15.9. The largest absolute Gasteiger partial charge is 0.496 e. The Bertz CT molecular complexity index is 981. The summed E-state index contributed by atoms with van der Waals surface area (Å²) in [6, 6.07) is 4.77. The zero-order valence-electron chi connectivity index (χ0n) is 17.7. The van der Waals surface area contributed by atoms with Crippen LogP contribution in [0.1, 0.15) is 41.3 Å². The number of halogens is 3. The van der Waals surface area contributed by atoms with Gasteiger partial charge in [-0.05, 0) is 66.4 Å². The molecule has 9 heteroatoms. The number of esters is 1. The summed E-state index contributed by atoms with van der Waals surface area (Å²) in [6.07, 6.45) is 0.718. The molecule has 0 aliphatic carbocycles. The van der Waals surface area contributed by atoms with Crippen LogP contribution in [0.25, 0.3) is 0 Å². The monoisotopic (exact) mass is 531 g/mol. The van der Waals surface area contributed by atoms with Crippen molar-refractivity contribution in [1.29, 1.82) is 0 Å². The quantitative estimate of drug-likeness (QED) is 0.300. The zero-order chi connectivity index (χ0) is 23.1. The lowest BCUT2D eigenvalue weighted by atomic mass is 10.1. The number of aryl methyl sites for hydroxylation is 1. The molecule has 0 radical (unpaired) electrons. The van der Waals surface area contributed by atoms with E-state index in [9.17, 15) is 9.59 Å². The Kier molecular flexibility index (Phi) is 9.47. The molecule has 0 bridgehead atoms. The molecule has 0 saturated heterocycles. The fourth-order valence-corrected chi connectivity index (χ4v) is 3.72. The molecule has 0 fully saturated rings. The Hall–Kier alpha value is -1.96. The molecular formula is C22H24BrCl2NO5. The third-order valence-corrected chi connectivity index (χ3v) is 6.31. The van der Waals surface area contributed by atoms with Gasteiger partial charge in [0, 0.05) is 17.5 Å². The van der Waals surface area contributed by atoms with Gasteiger partial charge in [0.2, 0.25) is 5.91 Å². The zero-order valence-corrected chi connectivity index (χ0v) is 20.8. The first-order valence-corrected chi connectivity index (χ1v) is 11.2. The molecular weight excluding hydrogens is 509 g/mol. The van der Waals surface area contributed by atoms with Crippen LogP contribution in [0.2, 0.25) is 10.0 Å². The van der Waals surface area contributed by atoms with Gasteiger partial charge in [-0.2, -0.15) is 0 Å². The molecule has 6 nitrogen and oxygen atoms in total. The van der Waals surface area contributed by atoms with Crippen LogP contribution in [0, 0.1) is 13.8 Å². The Morgan fingerprint density at radius 3 is 2.48 bits per heavy atom. The summed E-state index contributed by atoms with van der Waals surface area (Å²) in [6.45, 7) is 6.10. The Balaban J connectivity index is 1.95. The molecule has 0 spiro atoms. The fourth-order valence-electron chi connectivity index (χ4n) is 2.82. The minimum atomic E-state index is -0.546. The van der Waals surface area contributed by atoms with Gasteiger partial charge in [0.05, 0.1) is 35.5 Å². The second-order valence-corrected chi connectivity index (χ2v) is 8.28. The highest BCUT2D eigenvalue weighted by atomic mass is 79.9. The van der Waals surface area contributed by atoms with Gasteiger partial charge in [0.1, 0.15) is 17.1 Å². The maximum atomic E-state index is 12.3. The topological polar surface area (TPSA) is 73.9 Å². The highest BCUT2D eigenvalue weighted by Crippen LogP contribution is 2.36. The van der Waals surface area contributed by atoms with Crippen molar-refractivity contribution in [2.24, 2.45) is 0 Å². The van der Waals surface area contributed by atoms with Crippen molar-refractivity contribution < 1.29 is 23.8 Å². The molecule has 168 valence electrons. The minimum Gasteiger partial charge on any atom is -0.496 e. The van der Waals surface area contributed by atoms with Gasteiger partial charge in [-0.25, -0.2) is 4.79 Å². The van der Waals surface area contributed by atoms with Gasteiger partial charge in [0.15, 0.2) is 0 Å². The molecule has 0 aliphatic heterocycles. The van der Waals surface area contributed by atoms with Crippen molar-refractivity contribution in [3.63, 3.8) is 0 Å². The van der Waals surface area contributed by atoms with Crippen LogP contribution >= 0.6 is 39.1 Å². The van der Waals surface area contributed by atoms with E-state index >= 15 is 0 Å². The SMILES string of the molecule is CCOC(=O)c1cc(Cl)c(NC(=O)CCCOc2cc(C)c(Cl)c(C)c2Br)cc1OC. The van der Waals surface area contributed by atoms with Crippen LogP contribution in [-0.2, 0) is 9.53 Å². The van der Waals surface area contributed by atoms with Crippen molar-refractivity contribution in [1.82, 2.24) is 0 Å². The van der Waals surface area contributed by atoms with E-state index in [4.69, 9.17) is 37.4 Å². The number of carbonyl (C=O) groups is 2. The second kappa shape index (κ2) is 11.6. The Morgan fingerprint density at radius 1 is 1.13 bits per heavy atom. The molecule has 31 heavy (non-hydrogen) atoms. The molecule has 0 unspecified atom stereocenters. The van der Waals surface area contributed by atoms with E-state index in [0.717, 1.165) is 15.6 Å². The number of rotatable bonds is 9. The van der Waals surface area contributed by atoms with Crippen LogP contribution in [0.3, 0.4) is 0 Å². The number of nitrogens with one attached hydrogen (secondary N) is 1. The fraction of sp³-hybridized carbons (Fsp3) is 0.364. The number of hydrogen-bond donors (Lipinski definition) is 1. The first kappa shape index (κ1) is 25.3. The number of carbonyl (C=O) groups excluding carboxylic acids is 2. The van der Waals surface area contributed by atoms with E-state index < -0.39 is 5.97 Å². The highest BCUT2D eigenvalue weighted by Gasteiger charge is 2.18. The summed E-state index contributed by atoms with van der Waals surface area (Å²) in [5.41, 5.74) is 2.37. The molecule has 1 amide bonds. The van der Waals surface area contributed by atoms with Gasteiger partial charge < -0.3 is 19.5 Å². The standard InChI is InChI=1S/C22H24BrCl2NO5/c1-5-30-22(28)14-10-15(24)16(11-17(14)29-4)26-19(27)7-6-8-31-18-9-12(2)21(25)13(3)20(18)23/h9-11H,5-8H2,1-4H3,(H,26,27). The Labute approximate surface area is 200 Å². The number of anilines is 1. The summed E-state index contributed by atoms with van der Waals surface area (Å²) in [4.78, 5) is 24.3. The lowest BCUT2D eigenvalue weighted by Gasteiger charge is -2.14. The summed E-state index contributed by atoms with van der Waals surface area (Å²) < 4.78 is 16.8. The van der Waals surface area contributed by atoms with Crippen LogP contribution < -0.4 is 14.8 Å². The molecule has 0 heterocycles. The van der Waals surface area contributed by atoms with Crippen LogP contribution in [0.4, 0.5) is 5.69 Å². The first-order valence-electron chi connectivity index (χ1n) is 9.62. The van der Waals surface area contributed by atoms with Crippen LogP contribution in [0.15, 0.2) is 22.7 Å². The van der Waals surface area contributed by atoms with Crippen molar-refractivity contribution in [2.75, 3.05) is 25.6 Å². The number of hydrogen-bond acceptors (Lipinski definition) is 5. The molecule has 0 aliphatic rings. The van der Waals surface area contributed by atoms with Gasteiger partial charge >= 0.3 is 5.97 Å². The molecule has 2 aromatic carbocycles. The minimum absolute atomic E-state index is 0.194. The predicted octanol–water partition coefficient (Wildman–Crippen LogP) is 6.36. The third-order valence-electron chi connectivity index (χ3n) is 4.43. The van der Waals surface area contributed by atoms with Crippen molar-refractivity contribution in [3.05, 3.63) is 49.4 Å².